The van der Waals surface area contributed by atoms with Gasteiger partial charge >= 0.3 is 0 Å². The third kappa shape index (κ3) is 6.12. The van der Waals surface area contributed by atoms with Crippen molar-refractivity contribution < 1.29 is 14.7 Å². The van der Waals surface area contributed by atoms with Gasteiger partial charge in [0.25, 0.3) is 0 Å². The maximum absolute atomic E-state index is 12.2. The van der Waals surface area contributed by atoms with Crippen molar-refractivity contribution in [2.75, 3.05) is 57.3 Å². The topological polar surface area (TPSA) is 76.1 Å². The minimum absolute atomic E-state index is 0.0558. The predicted octanol–water partition coefficient (Wildman–Crippen LogP) is 1.42. The highest BCUT2D eigenvalue weighted by Gasteiger charge is 2.19. The van der Waals surface area contributed by atoms with Crippen molar-refractivity contribution >= 4 is 17.5 Å². The monoisotopic (exact) mass is 388 g/mol. The van der Waals surface area contributed by atoms with Gasteiger partial charge in [-0.2, -0.15) is 0 Å². The number of anilines is 1. The van der Waals surface area contributed by atoms with E-state index in [4.69, 9.17) is 0 Å². The lowest BCUT2D eigenvalue weighted by Crippen LogP contribution is -2.49. The molecule has 0 spiro atoms. The van der Waals surface area contributed by atoms with E-state index in [1.54, 1.807) is 12.1 Å². The van der Waals surface area contributed by atoms with Gasteiger partial charge in [0.2, 0.25) is 11.8 Å². The van der Waals surface area contributed by atoms with Crippen molar-refractivity contribution in [2.24, 2.45) is 0 Å². The van der Waals surface area contributed by atoms with Crippen LogP contribution in [0, 0.1) is 0 Å². The Balaban J connectivity index is 1.30. The van der Waals surface area contributed by atoms with Crippen LogP contribution < -0.4 is 10.2 Å². The van der Waals surface area contributed by atoms with E-state index < -0.39 is 0 Å². The second kappa shape index (κ2) is 10.3. The molecule has 1 aromatic carbocycles. The van der Waals surface area contributed by atoms with Crippen LogP contribution in [-0.2, 0) is 9.59 Å². The molecule has 2 heterocycles. The Kier molecular flexibility index (Phi) is 7.54. The molecule has 2 aliphatic heterocycles. The Morgan fingerprint density at radius 2 is 1.75 bits per heavy atom. The van der Waals surface area contributed by atoms with E-state index in [0.717, 1.165) is 70.6 Å². The maximum atomic E-state index is 12.2. The summed E-state index contributed by atoms with van der Waals surface area (Å²) in [4.78, 5) is 30.5. The smallest absolute Gasteiger partial charge is 0.234 e. The fraction of sp³-hybridized carbons (Fsp3) is 0.619. The molecule has 2 N–H and O–H groups in total. The average Bonchev–Trinajstić information content (AvgIpc) is 2.91. The first-order valence-electron chi connectivity index (χ1n) is 10.4. The van der Waals surface area contributed by atoms with E-state index >= 15 is 0 Å². The zero-order valence-corrected chi connectivity index (χ0v) is 16.6. The quantitative estimate of drug-likeness (QED) is 0.691. The van der Waals surface area contributed by atoms with Crippen LogP contribution in [0.1, 0.15) is 32.1 Å². The van der Waals surface area contributed by atoms with Crippen LogP contribution in [0.2, 0.25) is 0 Å². The molecule has 0 unspecified atom stereocenters. The number of piperazine rings is 1. The van der Waals surface area contributed by atoms with Crippen molar-refractivity contribution in [3.63, 3.8) is 0 Å². The van der Waals surface area contributed by atoms with E-state index in [9.17, 15) is 14.7 Å². The summed E-state index contributed by atoms with van der Waals surface area (Å²) < 4.78 is 0. The largest absolute Gasteiger partial charge is 0.508 e. The number of carbonyl (C=O) groups is 2. The van der Waals surface area contributed by atoms with Gasteiger partial charge in [-0.05, 0) is 43.5 Å². The third-order valence-electron chi connectivity index (χ3n) is 5.55. The Labute approximate surface area is 167 Å². The van der Waals surface area contributed by atoms with Crippen molar-refractivity contribution in [1.29, 1.82) is 0 Å². The lowest BCUT2D eigenvalue weighted by Gasteiger charge is -2.35. The highest BCUT2D eigenvalue weighted by Crippen LogP contribution is 2.19. The molecule has 3 rings (SSSR count). The fourth-order valence-corrected chi connectivity index (χ4v) is 3.86. The second-order valence-corrected chi connectivity index (χ2v) is 7.67. The lowest BCUT2D eigenvalue weighted by molar-refractivity contribution is -0.130. The molecule has 2 saturated heterocycles. The first-order chi connectivity index (χ1) is 13.6. The van der Waals surface area contributed by atoms with Gasteiger partial charge < -0.3 is 20.2 Å². The molecule has 28 heavy (non-hydrogen) atoms. The van der Waals surface area contributed by atoms with Crippen LogP contribution in [-0.4, -0.2) is 79.1 Å². The number of nitrogens with one attached hydrogen (secondary N) is 1. The molecule has 1 aromatic rings. The number of likely N-dealkylation sites (tertiary alicyclic amines) is 1. The van der Waals surface area contributed by atoms with Crippen molar-refractivity contribution in [1.82, 2.24) is 15.1 Å². The number of phenolic OH excluding ortho intramolecular Hbond substituents is 1. The number of carbonyl (C=O) groups excluding carboxylic acids is 2. The summed E-state index contributed by atoms with van der Waals surface area (Å²) in [6, 6.07) is 7.25. The number of benzene rings is 1. The number of nitrogens with zero attached hydrogens (tertiary/aromatic N) is 3. The lowest BCUT2D eigenvalue weighted by atomic mass is 10.2. The van der Waals surface area contributed by atoms with Crippen LogP contribution in [0.25, 0.3) is 0 Å². The van der Waals surface area contributed by atoms with Crippen molar-refractivity contribution in [2.45, 2.75) is 32.1 Å². The minimum Gasteiger partial charge on any atom is -0.508 e. The van der Waals surface area contributed by atoms with E-state index in [1.807, 2.05) is 17.0 Å². The average molecular weight is 389 g/mol. The Morgan fingerprint density at radius 3 is 2.50 bits per heavy atom. The van der Waals surface area contributed by atoms with Gasteiger partial charge in [0.15, 0.2) is 0 Å². The number of amides is 2. The molecule has 2 fully saturated rings. The molecule has 0 aliphatic carbocycles. The molecule has 0 bridgehead atoms. The summed E-state index contributed by atoms with van der Waals surface area (Å²) in [7, 11) is 0. The molecule has 0 aromatic heterocycles. The van der Waals surface area contributed by atoms with Crippen LogP contribution >= 0.6 is 0 Å². The summed E-state index contributed by atoms with van der Waals surface area (Å²) in [6.45, 7) is 6.07. The van der Waals surface area contributed by atoms with Crippen LogP contribution in [0.5, 0.6) is 5.75 Å². The summed E-state index contributed by atoms with van der Waals surface area (Å²) in [5, 5.41) is 12.4. The summed E-state index contributed by atoms with van der Waals surface area (Å²) >= 11 is 0. The summed E-state index contributed by atoms with van der Waals surface area (Å²) in [5.74, 6) is 0.592. The van der Waals surface area contributed by atoms with Gasteiger partial charge in [-0.1, -0.05) is 6.42 Å². The minimum atomic E-state index is 0.0558. The van der Waals surface area contributed by atoms with E-state index in [-0.39, 0.29) is 17.6 Å². The zero-order chi connectivity index (χ0) is 19.8. The number of hydrogen-bond acceptors (Lipinski definition) is 5. The number of aromatic hydroxyl groups is 1. The molecule has 7 heteroatoms. The van der Waals surface area contributed by atoms with Crippen molar-refractivity contribution in [3.8, 4) is 5.75 Å². The van der Waals surface area contributed by atoms with Crippen molar-refractivity contribution in [3.05, 3.63) is 24.3 Å². The molecule has 154 valence electrons. The van der Waals surface area contributed by atoms with E-state index in [2.05, 4.69) is 15.1 Å². The Hall–Kier alpha value is -2.28. The number of phenols is 1. The molecule has 2 amide bonds. The zero-order valence-electron chi connectivity index (χ0n) is 16.6. The SMILES string of the molecule is O=C(CN1CCN(c2ccc(O)cc2)CC1)NCCCN1CCCCCC1=O. The molecular formula is C21H32N4O3. The molecule has 2 aliphatic rings. The second-order valence-electron chi connectivity index (χ2n) is 7.67. The Bertz CT molecular complexity index is 642. The van der Waals surface area contributed by atoms with Gasteiger partial charge in [0.1, 0.15) is 5.75 Å². The first kappa shape index (κ1) is 20.5. The standard InChI is InChI=1S/C21H32N4O3/c26-19-8-6-18(7-9-19)24-15-13-23(14-16-24)17-20(27)22-10-4-12-25-11-3-1-2-5-21(25)28/h6-9,26H,1-5,10-17H2,(H,22,27). The predicted molar refractivity (Wildman–Crippen MR) is 109 cm³/mol. The van der Waals surface area contributed by atoms with Crippen LogP contribution in [0.3, 0.4) is 0 Å². The molecule has 7 nitrogen and oxygen atoms in total. The third-order valence-corrected chi connectivity index (χ3v) is 5.55. The highest BCUT2D eigenvalue weighted by molar-refractivity contribution is 5.78. The van der Waals surface area contributed by atoms with Gasteiger partial charge in [-0.15, -0.1) is 0 Å². The van der Waals surface area contributed by atoms with E-state index in [0.29, 0.717) is 19.5 Å². The first-order valence-corrected chi connectivity index (χ1v) is 10.4. The summed E-state index contributed by atoms with van der Waals surface area (Å²) in [5.41, 5.74) is 1.10. The molecule has 0 atom stereocenters. The fourth-order valence-electron chi connectivity index (χ4n) is 3.86. The highest BCUT2D eigenvalue weighted by atomic mass is 16.3. The number of hydrogen-bond donors (Lipinski definition) is 2. The molecule has 0 saturated carbocycles. The normalized spacial score (nSPS) is 18.8. The molecular weight excluding hydrogens is 356 g/mol. The van der Waals surface area contributed by atoms with Crippen LogP contribution in [0.15, 0.2) is 24.3 Å². The number of rotatable bonds is 7. The Morgan fingerprint density at radius 1 is 1.00 bits per heavy atom. The van der Waals surface area contributed by atoms with Gasteiger partial charge in [-0.3, -0.25) is 14.5 Å². The van der Waals surface area contributed by atoms with Gasteiger partial charge in [0, 0.05) is 57.9 Å². The van der Waals surface area contributed by atoms with Crippen LogP contribution in [0.4, 0.5) is 5.69 Å². The molecule has 0 radical (unpaired) electrons. The van der Waals surface area contributed by atoms with Gasteiger partial charge in [-0.25, -0.2) is 0 Å². The summed E-state index contributed by atoms with van der Waals surface area (Å²) in [6.07, 6.45) is 4.72. The van der Waals surface area contributed by atoms with E-state index in [1.165, 1.54) is 0 Å². The van der Waals surface area contributed by atoms with Gasteiger partial charge in [0.05, 0.1) is 6.54 Å². The maximum Gasteiger partial charge on any atom is 0.234 e.